The van der Waals surface area contributed by atoms with Crippen LogP contribution in [0.4, 0.5) is 17.6 Å². The number of aryl methyl sites for hydroxylation is 1. The van der Waals surface area contributed by atoms with Crippen LogP contribution in [0.2, 0.25) is 10.0 Å². The summed E-state index contributed by atoms with van der Waals surface area (Å²) in [5, 5.41) is 0.428. The Morgan fingerprint density at radius 2 is 1.43 bits per heavy atom. The maximum absolute atomic E-state index is 13.7. The number of benzene rings is 2. The summed E-state index contributed by atoms with van der Waals surface area (Å²) in [6, 6.07) is 6.68. The van der Waals surface area contributed by atoms with E-state index in [1.165, 1.54) is 36.2 Å². The zero-order valence-corrected chi connectivity index (χ0v) is 21.5. The van der Waals surface area contributed by atoms with Crippen molar-refractivity contribution in [3.63, 3.8) is 0 Å². The van der Waals surface area contributed by atoms with Crippen molar-refractivity contribution in [1.29, 1.82) is 0 Å². The molecule has 8 nitrogen and oxygen atoms in total. The van der Waals surface area contributed by atoms with Crippen LogP contribution in [0.25, 0.3) is 33.9 Å². The van der Waals surface area contributed by atoms with Crippen molar-refractivity contribution in [2.24, 2.45) is 14.1 Å². The van der Waals surface area contributed by atoms with Crippen LogP contribution in [0.1, 0.15) is 6.92 Å². The van der Waals surface area contributed by atoms with Crippen LogP contribution in [0.15, 0.2) is 35.4 Å². The highest BCUT2D eigenvalue weighted by molar-refractivity contribution is 7.91. The van der Waals surface area contributed by atoms with E-state index in [0.29, 0.717) is 15.6 Å². The van der Waals surface area contributed by atoms with Gasteiger partial charge in [-0.15, -0.1) is 0 Å². The Bertz CT molecular complexity index is 1680. The molecule has 0 bridgehead atoms. The average Bonchev–Trinajstić information content (AvgIpc) is 3.29. The summed E-state index contributed by atoms with van der Waals surface area (Å²) in [4.78, 5) is 8.90. The van der Waals surface area contributed by atoms with E-state index >= 15 is 0 Å². The first kappa shape index (κ1) is 25.6. The molecule has 0 saturated heterocycles. The highest BCUT2D eigenvalue weighted by atomic mass is 35.5. The van der Waals surface area contributed by atoms with Crippen molar-refractivity contribution in [1.82, 2.24) is 19.1 Å². The number of ether oxygens (including phenoxy) is 2. The molecule has 0 fully saturated rings. The van der Waals surface area contributed by atoms with Gasteiger partial charge in [-0.05, 0) is 18.2 Å². The van der Waals surface area contributed by atoms with E-state index < -0.39 is 33.6 Å². The molecule has 1 aliphatic heterocycles. The van der Waals surface area contributed by atoms with E-state index in [9.17, 15) is 26.0 Å². The van der Waals surface area contributed by atoms with E-state index in [0.717, 1.165) is 12.1 Å². The Kier molecular flexibility index (Phi) is 5.70. The summed E-state index contributed by atoms with van der Waals surface area (Å²) in [5.41, 5.74) is 0.610. The predicted octanol–water partition coefficient (Wildman–Crippen LogP) is 5.70. The van der Waals surface area contributed by atoms with E-state index in [1.54, 1.807) is 12.1 Å². The highest BCUT2D eigenvalue weighted by Crippen LogP contribution is 2.48. The Morgan fingerprint density at radius 3 is 2.00 bits per heavy atom. The number of alkyl halides is 4. The van der Waals surface area contributed by atoms with Gasteiger partial charge in [0.15, 0.2) is 32.2 Å². The van der Waals surface area contributed by atoms with E-state index in [-0.39, 0.29) is 39.2 Å². The third-order valence-electron chi connectivity index (χ3n) is 5.81. The van der Waals surface area contributed by atoms with Gasteiger partial charge in [-0.1, -0.05) is 30.1 Å². The number of aromatic nitrogens is 4. The molecule has 0 N–H and O–H groups in total. The minimum absolute atomic E-state index is 0.0258. The quantitative estimate of drug-likeness (QED) is 0.289. The summed E-state index contributed by atoms with van der Waals surface area (Å²) in [5.74, 6) is -1.31. The molecule has 196 valence electrons. The van der Waals surface area contributed by atoms with Gasteiger partial charge < -0.3 is 18.6 Å². The van der Waals surface area contributed by atoms with Crippen molar-refractivity contribution in [3.8, 4) is 34.4 Å². The highest BCUT2D eigenvalue weighted by Gasteiger charge is 2.66. The van der Waals surface area contributed by atoms with Crippen LogP contribution in [0.5, 0.6) is 11.5 Å². The standard InChI is InChI=1S/C22H16Cl2F4N4O4S/c1-4-37(33,34)20-17(30-18(32(20)3)10-5-11(23)7-12(24)6-10)19-29-13-8-15-16(9-14(13)31(19)2)36-22(27,28)21(25,26)35-15/h5-9H,4H2,1-3H3. The van der Waals surface area contributed by atoms with Crippen molar-refractivity contribution >= 4 is 44.1 Å². The van der Waals surface area contributed by atoms with Crippen molar-refractivity contribution in [2.45, 2.75) is 24.2 Å². The number of hydrogen-bond donors (Lipinski definition) is 0. The molecule has 1 aliphatic rings. The number of halogens is 6. The van der Waals surface area contributed by atoms with Gasteiger partial charge in [0.25, 0.3) is 0 Å². The molecule has 0 unspecified atom stereocenters. The summed E-state index contributed by atoms with van der Waals surface area (Å²) in [6.45, 7) is 1.46. The summed E-state index contributed by atoms with van der Waals surface area (Å²) < 4.78 is 92.2. The van der Waals surface area contributed by atoms with Gasteiger partial charge in [-0.3, -0.25) is 0 Å². The molecule has 5 rings (SSSR count). The third-order valence-corrected chi connectivity index (χ3v) is 8.06. The summed E-state index contributed by atoms with van der Waals surface area (Å²) in [6.07, 6.45) is -9.80. The second-order valence-electron chi connectivity index (χ2n) is 8.23. The fourth-order valence-corrected chi connectivity index (χ4v) is 5.76. The molecular formula is C22H16Cl2F4N4O4S. The zero-order valence-electron chi connectivity index (χ0n) is 19.2. The molecule has 0 spiro atoms. The van der Waals surface area contributed by atoms with Crippen LogP contribution < -0.4 is 9.47 Å². The van der Waals surface area contributed by atoms with Gasteiger partial charge in [-0.25, -0.2) is 18.4 Å². The molecule has 37 heavy (non-hydrogen) atoms. The maximum atomic E-state index is 13.7. The fourth-order valence-electron chi connectivity index (χ4n) is 4.03. The molecule has 2 aromatic heterocycles. The Hall–Kier alpha value is -3.03. The monoisotopic (exact) mass is 578 g/mol. The van der Waals surface area contributed by atoms with Gasteiger partial charge in [0.05, 0.1) is 16.8 Å². The zero-order chi connectivity index (χ0) is 27.1. The minimum atomic E-state index is -4.90. The van der Waals surface area contributed by atoms with Crippen LogP contribution in [-0.2, 0) is 23.9 Å². The summed E-state index contributed by atoms with van der Waals surface area (Å²) >= 11 is 12.3. The molecular weight excluding hydrogens is 563 g/mol. The molecule has 4 aromatic rings. The lowest BCUT2D eigenvalue weighted by atomic mass is 10.2. The van der Waals surface area contributed by atoms with Gasteiger partial charge in [-0.2, -0.15) is 17.6 Å². The molecule has 15 heteroatoms. The van der Waals surface area contributed by atoms with Crippen LogP contribution in [0.3, 0.4) is 0 Å². The SMILES string of the molecule is CCS(=O)(=O)c1c(-c2nc3cc4c(cc3n2C)OC(F)(F)C(F)(F)O4)nc(-c2cc(Cl)cc(Cl)c2)n1C. The van der Waals surface area contributed by atoms with E-state index in [4.69, 9.17) is 23.2 Å². The molecule has 0 amide bonds. The molecule has 0 radical (unpaired) electrons. The Labute approximate surface area is 217 Å². The smallest absolute Gasteiger partial charge is 0.421 e. The second-order valence-corrected chi connectivity index (χ2v) is 11.3. The number of sulfone groups is 1. The second kappa shape index (κ2) is 8.23. The number of nitrogens with zero attached hydrogens (tertiary/aromatic N) is 4. The average molecular weight is 579 g/mol. The van der Waals surface area contributed by atoms with Gasteiger partial charge >= 0.3 is 12.2 Å². The normalized spacial score (nSPS) is 16.4. The number of hydrogen-bond acceptors (Lipinski definition) is 6. The van der Waals surface area contributed by atoms with Gasteiger partial charge in [0.1, 0.15) is 11.5 Å². The molecule has 3 heterocycles. The van der Waals surface area contributed by atoms with Crippen molar-refractivity contribution in [2.75, 3.05) is 5.75 Å². The van der Waals surface area contributed by atoms with Crippen LogP contribution in [0, 0.1) is 0 Å². The molecule has 0 saturated carbocycles. The van der Waals surface area contributed by atoms with Gasteiger partial charge in [0, 0.05) is 41.8 Å². The van der Waals surface area contributed by atoms with Crippen LogP contribution in [-0.4, -0.2) is 45.5 Å². The lowest BCUT2D eigenvalue weighted by Crippen LogP contribution is -2.52. The number of imidazole rings is 2. The van der Waals surface area contributed by atoms with E-state index in [1.807, 2.05) is 0 Å². The van der Waals surface area contributed by atoms with Gasteiger partial charge in [0.2, 0.25) is 0 Å². The Morgan fingerprint density at radius 1 is 0.865 bits per heavy atom. The first-order valence-corrected chi connectivity index (χ1v) is 13.0. The topological polar surface area (TPSA) is 88.2 Å². The van der Waals surface area contributed by atoms with E-state index in [2.05, 4.69) is 19.4 Å². The number of rotatable bonds is 4. The maximum Gasteiger partial charge on any atom is 0.507 e. The lowest BCUT2D eigenvalue weighted by Gasteiger charge is -2.31. The Balaban J connectivity index is 1.76. The van der Waals surface area contributed by atoms with Crippen molar-refractivity contribution in [3.05, 3.63) is 40.4 Å². The third kappa shape index (κ3) is 3.99. The van der Waals surface area contributed by atoms with Crippen LogP contribution >= 0.6 is 23.2 Å². The largest absolute Gasteiger partial charge is 0.507 e. The van der Waals surface area contributed by atoms with Crippen molar-refractivity contribution < 1.29 is 35.5 Å². The lowest BCUT2D eigenvalue weighted by molar-refractivity contribution is -0.391. The molecule has 0 atom stereocenters. The first-order valence-electron chi connectivity index (χ1n) is 10.6. The number of fused-ring (bicyclic) bond motifs is 2. The predicted molar refractivity (Wildman–Crippen MR) is 127 cm³/mol. The molecule has 2 aromatic carbocycles. The minimum Gasteiger partial charge on any atom is -0.421 e. The fraction of sp³-hybridized carbons (Fsp3) is 0.273. The summed E-state index contributed by atoms with van der Waals surface area (Å²) in [7, 11) is -0.899. The molecule has 0 aliphatic carbocycles. The first-order chi connectivity index (χ1) is 17.1.